The second-order valence-corrected chi connectivity index (χ2v) is 10.3. The number of hydrogen-bond donors (Lipinski definition) is 2. The predicted molar refractivity (Wildman–Crippen MR) is 144 cm³/mol. The number of ether oxygens (including phenoxy) is 1. The molecule has 0 aromatic heterocycles. The zero-order chi connectivity index (χ0) is 27.6. The van der Waals surface area contributed by atoms with Crippen molar-refractivity contribution >= 4 is 67.1 Å². The van der Waals surface area contributed by atoms with E-state index >= 15 is 0 Å². The number of carbonyl (C=O) groups excluding carboxylic acids is 1. The van der Waals surface area contributed by atoms with Gasteiger partial charge in [-0.25, -0.2) is 0 Å². The summed E-state index contributed by atoms with van der Waals surface area (Å²) in [6.07, 6.45) is 0. The summed E-state index contributed by atoms with van der Waals surface area (Å²) in [7, 11) is -4.62. The maximum Gasteiger partial charge on any atom is 1.00 e. The molecule has 1 amide bonds. The Morgan fingerprint density at radius 3 is 2.49 bits per heavy atom. The molecule has 9 nitrogen and oxygen atoms in total. The average molecular weight is 596 g/mol. The van der Waals surface area contributed by atoms with Crippen LogP contribution in [0, 0.1) is 6.92 Å². The van der Waals surface area contributed by atoms with E-state index in [1.54, 1.807) is 56.3 Å². The van der Waals surface area contributed by atoms with Crippen molar-refractivity contribution < 1.29 is 57.2 Å². The topological polar surface area (TPSA) is 140 Å². The first-order valence-electron chi connectivity index (χ1n) is 11.2. The van der Waals surface area contributed by atoms with Gasteiger partial charge in [0.05, 0.1) is 28.7 Å². The third-order valence-electron chi connectivity index (χ3n) is 5.50. The molecule has 13 heteroatoms. The fraction of sp³-hybridized carbons (Fsp3) is 0.115. The Balaban J connectivity index is 0.00000420. The van der Waals surface area contributed by atoms with Crippen molar-refractivity contribution in [1.82, 2.24) is 0 Å². The Morgan fingerprint density at radius 1 is 1.08 bits per heavy atom. The Labute approximate surface area is 256 Å². The zero-order valence-corrected chi connectivity index (χ0v) is 25.4. The first-order chi connectivity index (χ1) is 18.0. The van der Waals surface area contributed by atoms with Crippen molar-refractivity contribution in [3.8, 4) is 11.5 Å². The van der Waals surface area contributed by atoms with Crippen LogP contribution in [0.25, 0.3) is 10.8 Å². The van der Waals surface area contributed by atoms with Crippen molar-refractivity contribution in [3.63, 3.8) is 0 Å². The van der Waals surface area contributed by atoms with Gasteiger partial charge < -0.3 is 15.2 Å². The van der Waals surface area contributed by atoms with Gasteiger partial charge in [-0.2, -0.15) is 18.6 Å². The fourth-order valence-electron chi connectivity index (χ4n) is 3.69. The third kappa shape index (κ3) is 6.90. The van der Waals surface area contributed by atoms with E-state index in [9.17, 15) is 22.9 Å². The van der Waals surface area contributed by atoms with Gasteiger partial charge in [-0.3, -0.25) is 9.35 Å². The van der Waals surface area contributed by atoms with Gasteiger partial charge in [0.15, 0.2) is 0 Å². The first kappa shape index (κ1) is 30.8. The Morgan fingerprint density at radius 2 is 1.79 bits per heavy atom. The molecule has 39 heavy (non-hydrogen) atoms. The summed E-state index contributed by atoms with van der Waals surface area (Å²) in [6.45, 7) is 3.72. The monoisotopic (exact) mass is 595 g/mol. The van der Waals surface area contributed by atoms with E-state index in [2.05, 4.69) is 15.5 Å². The maximum absolute atomic E-state index is 13.4. The standard InChI is InChI=1S/C26H21Cl2N3O6S.Na/c1-3-37-22-12-16(27)8-9-20(22)29-26(33)18-11-15-6-4-5-7-17(15)24(25(18)32)31-30-21-13-23(38(34,35)36)19(28)10-14(21)2;/h4-13,32H,3H2,1-2H3,(H,29,33)(H,34,35,36);/q;+1/p-1. The van der Waals surface area contributed by atoms with Gasteiger partial charge >= 0.3 is 29.6 Å². The first-order valence-corrected chi connectivity index (χ1v) is 13.3. The van der Waals surface area contributed by atoms with E-state index in [-0.39, 0.29) is 51.5 Å². The molecule has 4 aromatic carbocycles. The van der Waals surface area contributed by atoms with Gasteiger partial charge in [-0.15, -0.1) is 0 Å². The van der Waals surface area contributed by atoms with E-state index in [4.69, 9.17) is 27.9 Å². The van der Waals surface area contributed by atoms with Crippen LogP contribution in [0.3, 0.4) is 0 Å². The predicted octanol–water partition coefficient (Wildman–Crippen LogP) is 3.85. The quantitative estimate of drug-likeness (QED) is 0.189. The fourth-order valence-corrected chi connectivity index (χ4v) is 4.93. The summed E-state index contributed by atoms with van der Waals surface area (Å²) in [4.78, 5) is 12.7. The number of nitrogens with zero attached hydrogens (tertiary/aromatic N) is 2. The molecule has 0 atom stereocenters. The molecule has 0 bridgehead atoms. The van der Waals surface area contributed by atoms with Crippen LogP contribution in [0.5, 0.6) is 11.5 Å². The van der Waals surface area contributed by atoms with Crippen molar-refractivity contribution in [1.29, 1.82) is 0 Å². The maximum atomic E-state index is 13.4. The molecule has 0 saturated heterocycles. The van der Waals surface area contributed by atoms with Crippen LogP contribution in [-0.2, 0) is 10.1 Å². The molecule has 0 fully saturated rings. The van der Waals surface area contributed by atoms with Crippen molar-refractivity contribution in [3.05, 3.63) is 81.8 Å². The van der Waals surface area contributed by atoms with Crippen LogP contribution >= 0.6 is 23.2 Å². The van der Waals surface area contributed by atoms with Crippen LogP contribution in [0.2, 0.25) is 10.0 Å². The molecule has 0 radical (unpaired) electrons. The largest absolute Gasteiger partial charge is 1.00 e. The molecule has 0 heterocycles. The summed E-state index contributed by atoms with van der Waals surface area (Å²) in [5, 5.41) is 25.5. The van der Waals surface area contributed by atoms with E-state index in [1.165, 1.54) is 12.1 Å². The molecule has 0 aliphatic rings. The van der Waals surface area contributed by atoms with Crippen molar-refractivity contribution in [2.45, 2.75) is 18.7 Å². The number of benzene rings is 4. The molecular formula is C26H20Cl2N3NaO6S. The minimum Gasteiger partial charge on any atom is -0.870 e. The number of fused-ring (bicyclic) bond motifs is 1. The van der Waals surface area contributed by atoms with Gasteiger partial charge in [0.25, 0.3) is 16.0 Å². The minimum atomic E-state index is -4.62. The van der Waals surface area contributed by atoms with Crippen LogP contribution in [0.4, 0.5) is 17.1 Å². The molecule has 4 rings (SSSR count). The van der Waals surface area contributed by atoms with Crippen LogP contribution in [0.15, 0.2) is 75.8 Å². The van der Waals surface area contributed by atoms with E-state index < -0.39 is 26.7 Å². The molecule has 4 aromatic rings. The number of hydrogen-bond acceptors (Lipinski definition) is 7. The van der Waals surface area contributed by atoms with Gasteiger partial charge in [-0.05, 0) is 55.1 Å². The van der Waals surface area contributed by atoms with Gasteiger partial charge in [0, 0.05) is 22.0 Å². The normalized spacial score (nSPS) is 11.4. The summed E-state index contributed by atoms with van der Waals surface area (Å²) >= 11 is 12.0. The SMILES string of the molecule is CCOc1cc(Cl)ccc1NC(=O)c1cc2ccccc2c(N=Nc2cc(S(=O)(=O)O)c(Cl)cc2C)c1[O-].[Na+]. The van der Waals surface area contributed by atoms with Crippen molar-refractivity contribution in [2.24, 2.45) is 10.2 Å². The number of azo groups is 1. The van der Waals surface area contributed by atoms with E-state index in [1.807, 2.05) is 0 Å². The van der Waals surface area contributed by atoms with Crippen molar-refractivity contribution in [2.75, 3.05) is 11.9 Å². The van der Waals surface area contributed by atoms with Crippen LogP contribution in [-0.4, -0.2) is 25.5 Å². The minimum absolute atomic E-state index is 0. The van der Waals surface area contributed by atoms with E-state index in [0.29, 0.717) is 39.4 Å². The number of anilines is 1. The van der Waals surface area contributed by atoms with Gasteiger partial charge in [-0.1, -0.05) is 53.2 Å². The Hall–Kier alpha value is -2.70. The molecule has 0 unspecified atom stereocenters. The molecule has 0 aliphatic heterocycles. The number of carbonyl (C=O) groups is 1. The molecule has 196 valence electrons. The summed E-state index contributed by atoms with van der Waals surface area (Å²) in [5.41, 5.74) is 0.510. The number of rotatable bonds is 7. The number of aryl methyl sites for hydroxylation is 1. The van der Waals surface area contributed by atoms with Crippen LogP contribution in [0.1, 0.15) is 22.8 Å². The third-order valence-corrected chi connectivity index (χ3v) is 7.05. The molecular weight excluding hydrogens is 576 g/mol. The molecule has 2 N–H and O–H groups in total. The van der Waals surface area contributed by atoms with Gasteiger partial charge in [0.1, 0.15) is 10.6 Å². The number of halogens is 2. The molecule has 0 aliphatic carbocycles. The Kier molecular flexibility index (Phi) is 10.0. The Bertz CT molecular complexity index is 1710. The molecule has 0 saturated carbocycles. The molecule has 0 spiro atoms. The number of nitrogens with one attached hydrogen (secondary N) is 1. The zero-order valence-electron chi connectivity index (χ0n) is 21.0. The summed E-state index contributed by atoms with van der Waals surface area (Å²) < 4.78 is 38.3. The second kappa shape index (κ2) is 12.6. The number of amides is 1. The second-order valence-electron chi connectivity index (χ2n) is 8.09. The van der Waals surface area contributed by atoms with E-state index in [0.717, 1.165) is 6.07 Å². The average Bonchev–Trinajstić information content (AvgIpc) is 2.85. The smallest absolute Gasteiger partial charge is 0.870 e. The van der Waals surface area contributed by atoms with Gasteiger partial charge in [0.2, 0.25) is 0 Å². The summed E-state index contributed by atoms with van der Waals surface area (Å²) in [5.74, 6) is -1.05. The van der Waals surface area contributed by atoms with Crippen LogP contribution < -0.4 is 44.7 Å². The summed E-state index contributed by atoms with van der Waals surface area (Å²) in [6, 6.07) is 15.3.